The number of nitrogens with zero attached hydrogens (tertiary/aromatic N) is 2. The first-order valence-electron chi connectivity index (χ1n) is 16.7. The quantitative estimate of drug-likeness (QED) is 0.0474. The van der Waals surface area contributed by atoms with Gasteiger partial charge in [-0.2, -0.15) is 0 Å². The molecule has 3 fully saturated rings. The number of hydrogen-bond acceptors (Lipinski definition) is 8. The fraction of sp³-hybridized carbons (Fsp3) is 0.588. The highest BCUT2D eigenvalue weighted by atomic mass is 32.2. The van der Waals surface area contributed by atoms with Gasteiger partial charge < -0.3 is 26.6 Å². The zero-order valence-electron chi connectivity index (χ0n) is 27.3. The number of amides is 4. The topological polar surface area (TPSA) is 175 Å². The number of amidine groups is 1. The molecule has 13 heteroatoms. The Bertz CT molecular complexity index is 1310. The van der Waals surface area contributed by atoms with E-state index in [1.165, 1.54) is 11.0 Å². The first-order chi connectivity index (χ1) is 22.6. The van der Waals surface area contributed by atoms with E-state index in [0.717, 1.165) is 63.3 Å². The summed E-state index contributed by atoms with van der Waals surface area (Å²) in [4.78, 5) is 71.7. The molecule has 1 heterocycles. The molecular weight excluding hydrogens is 618 g/mol. The highest BCUT2D eigenvalue weighted by Crippen LogP contribution is 2.38. The fourth-order valence-corrected chi connectivity index (χ4v) is 7.19. The summed E-state index contributed by atoms with van der Waals surface area (Å²) in [5, 5.41) is 8.34. The van der Waals surface area contributed by atoms with Crippen molar-refractivity contribution in [1.82, 2.24) is 25.6 Å². The minimum atomic E-state index is -0.959. The van der Waals surface area contributed by atoms with Crippen molar-refractivity contribution in [2.45, 2.75) is 95.7 Å². The number of carbonyl (C=O) groups is 5. The Kier molecular flexibility index (Phi) is 13.4. The normalized spacial score (nSPS) is 20.7. The average Bonchev–Trinajstić information content (AvgIpc) is 3.79. The summed E-state index contributed by atoms with van der Waals surface area (Å²) in [6.45, 7) is 5.87. The standard InChI is InChI=1S/C34H49N7O5S/c1-3-19-36-31(45)28(43)25(21-23-15-16-23)39-30(44)26-14-11-20-41(26)27(42)22-37-32(46)29(34(2)17-9-4-5-10-18-34)40-47-33(35)38-24-12-7-6-8-13-24/h3,6-8,12-13,23,25-26,29,40H,1,4-5,9-11,14-22H2,2H3,(H2,35,38)(H,36,45)(H,37,46)(H,39,44). The van der Waals surface area contributed by atoms with Gasteiger partial charge in [0.1, 0.15) is 12.1 Å². The third-order valence-electron chi connectivity index (χ3n) is 9.30. The lowest BCUT2D eigenvalue weighted by atomic mass is 9.75. The second-order valence-electron chi connectivity index (χ2n) is 13.1. The van der Waals surface area contributed by atoms with Gasteiger partial charge in [0.15, 0.2) is 5.17 Å². The number of para-hydroxylation sites is 1. The Morgan fingerprint density at radius 1 is 1.04 bits per heavy atom. The molecule has 3 unspecified atom stereocenters. The van der Waals surface area contributed by atoms with Gasteiger partial charge in [0, 0.05) is 13.1 Å². The van der Waals surface area contributed by atoms with Crippen molar-refractivity contribution in [3.63, 3.8) is 0 Å². The number of likely N-dealkylation sites (tertiary alicyclic amines) is 1. The molecule has 256 valence electrons. The largest absolute Gasteiger partial charge is 0.377 e. The monoisotopic (exact) mass is 667 g/mol. The predicted molar refractivity (Wildman–Crippen MR) is 183 cm³/mol. The van der Waals surface area contributed by atoms with Crippen molar-refractivity contribution in [3.05, 3.63) is 43.0 Å². The minimum absolute atomic E-state index is 0.147. The van der Waals surface area contributed by atoms with E-state index in [9.17, 15) is 24.0 Å². The number of rotatable bonds is 15. The van der Waals surface area contributed by atoms with Crippen molar-refractivity contribution >= 4 is 52.2 Å². The molecule has 1 aromatic carbocycles. The van der Waals surface area contributed by atoms with E-state index >= 15 is 0 Å². The molecule has 4 amide bonds. The van der Waals surface area contributed by atoms with Crippen molar-refractivity contribution < 1.29 is 24.0 Å². The molecule has 12 nitrogen and oxygen atoms in total. The Morgan fingerprint density at radius 2 is 1.74 bits per heavy atom. The van der Waals surface area contributed by atoms with Crippen molar-refractivity contribution in [2.75, 3.05) is 19.6 Å². The second kappa shape index (κ2) is 17.4. The Hall–Kier alpha value is -3.71. The number of nitrogens with two attached hydrogens (primary N) is 1. The van der Waals surface area contributed by atoms with Crippen LogP contribution in [0.1, 0.15) is 77.6 Å². The van der Waals surface area contributed by atoms with E-state index in [1.54, 1.807) is 0 Å². The van der Waals surface area contributed by atoms with Crippen LogP contribution in [-0.2, 0) is 24.0 Å². The molecule has 4 rings (SSSR count). The van der Waals surface area contributed by atoms with Crippen molar-refractivity contribution in [3.8, 4) is 0 Å². The summed E-state index contributed by atoms with van der Waals surface area (Å²) in [6, 6.07) is 6.93. The molecule has 3 atom stereocenters. The number of carbonyl (C=O) groups excluding carboxylic acids is 5. The number of benzene rings is 1. The number of hydrogen-bond donors (Lipinski definition) is 5. The van der Waals surface area contributed by atoms with Gasteiger partial charge in [-0.05, 0) is 67.5 Å². The van der Waals surface area contributed by atoms with Crippen molar-refractivity contribution in [1.29, 1.82) is 0 Å². The van der Waals surface area contributed by atoms with Crippen LogP contribution in [0, 0.1) is 11.3 Å². The molecule has 3 aliphatic rings. The zero-order chi connectivity index (χ0) is 33.8. The van der Waals surface area contributed by atoms with Crippen LogP contribution in [0.25, 0.3) is 0 Å². The smallest absolute Gasteiger partial charge is 0.289 e. The lowest BCUT2D eigenvalue weighted by molar-refractivity contribution is -0.142. The molecule has 0 spiro atoms. The first-order valence-corrected chi connectivity index (χ1v) is 17.5. The van der Waals surface area contributed by atoms with E-state index in [-0.39, 0.29) is 41.4 Å². The summed E-state index contributed by atoms with van der Waals surface area (Å²) >= 11 is 1.10. The summed E-state index contributed by atoms with van der Waals surface area (Å²) in [7, 11) is 0. The van der Waals surface area contributed by atoms with E-state index in [1.807, 2.05) is 30.3 Å². The SMILES string of the molecule is C=CCNC(=O)C(=O)C(CC1CC1)NC(=O)C1CCCN1C(=O)CNC(=O)C(NSC(N)=Nc1ccccc1)C1(C)CCCCCC1. The highest BCUT2D eigenvalue weighted by Gasteiger charge is 2.41. The van der Waals surface area contributed by atoms with Crippen LogP contribution in [0.15, 0.2) is 48.0 Å². The van der Waals surface area contributed by atoms with Crippen LogP contribution in [0.3, 0.4) is 0 Å². The molecule has 1 aromatic rings. The molecule has 1 saturated heterocycles. The van der Waals surface area contributed by atoms with Gasteiger partial charge in [0.2, 0.25) is 23.5 Å². The fourth-order valence-electron chi connectivity index (χ4n) is 6.41. The predicted octanol–water partition coefficient (Wildman–Crippen LogP) is 2.86. The Labute approximate surface area is 281 Å². The highest BCUT2D eigenvalue weighted by molar-refractivity contribution is 8.12. The summed E-state index contributed by atoms with van der Waals surface area (Å²) < 4.78 is 3.26. The van der Waals surface area contributed by atoms with Crippen molar-refractivity contribution in [2.24, 2.45) is 22.1 Å². The average molecular weight is 668 g/mol. The molecule has 6 N–H and O–H groups in total. The Balaban J connectivity index is 1.38. The minimum Gasteiger partial charge on any atom is -0.377 e. The van der Waals surface area contributed by atoms with Gasteiger partial charge in [0.05, 0.1) is 18.3 Å². The number of aliphatic imine (C=N–C) groups is 1. The van der Waals surface area contributed by atoms with Crippen LogP contribution in [0.2, 0.25) is 0 Å². The molecule has 0 radical (unpaired) electrons. The molecule has 2 saturated carbocycles. The van der Waals surface area contributed by atoms with Gasteiger partial charge in [-0.1, -0.05) is 69.7 Å². The van der Waals surface area contributed by atoms with Crippen LogP contribution < -0.4 is 26.4 Å². The summed E-state index contributed by atoms with van der Waals surface area (Å²) in [6.07, 6.45) is 10.7. The third kappa shape index (κ3) is 10.6. The lowest BCUT2D eigenvalue weighted by Crippen LogP contribution is -2.56. The molecule has 1 aliphatic heterocycles. The van der Waals surface area contributed by atoms with E-state index in [2.05, 4.69) is 39.2 Å². The van der Waals surface area contributed by atoms with Crippen LogP contribution in [-0.4, -0.2) is 77.2 Å². The summed E-state index contributed by atoms with van der Waals surface area (Å²) in [5.41, 5.74) is 6.54. The Morgan fingerprint density at radius 3 is 2.40 bits per heavy atom. The van der Waals surface area contributed by atoms with Crippen LogP contribution in [0.5, 0.6) is 0 Å². The molecule has 47 heavy (non-hydrogen) atoms. The second-order valence-corrected chi connectivity index (χ2v) is 13.9. The van der Waals surface area contributed by atoms with Crippen LogP contribution >= 0.6 is 11.9 Å². The molecule has 2 aliphatic carbocycles. The van der Waals surface area contributed by atoms with Gasteiger partial charge >= 0.3 is 0 Å². The molecule has 0 aromatic heterocycles. The maximum atomic E-state index is 13.7. The first kappa shape index (κ1) is 36.1. The summed E-state index contributed by atoms with van der Waals surface area (Å²) in [5.74, 6) is -2.35. The van der Waals surface area contributed by atoms with E-state index in [0.29, 0.717) is 31.5 Å². The zero-order valence-corrected chi connectivity index (χ0v) is 28.1. The number of Topliss-reactive ketones (excluding diaryl/α,β-unsaturated/α-hetero) is 1. The van der Waals surface area contributed by atoms with Gasteiger partial charge in [0.25, 0.3) is 5.91 Å². The van der Waals surface area contributed by atoms with Gasteiger partial charge in [-0.15, -0.1) is 6.58 Å². The van der Waals surface area contributed by atoms with Gasteiger partial charge in [-0.3, -0.25) is 24.0 Å². The van der Waals surface area contributed by atoms with Crippen LogP contribution in [0.4, 0.5) is 5.69 Å². The maximum absolute atomic E-state index is 13.7. The molecule has 0 bridgehead atoms. The number of nitrogens with one attached hydrogen (secondary N) is 4. The molecular formula is C34H49N7O5S. The van der Waals surface area contributed by atoms with E-state index in [4.69, 9.17) is 5.73 Å². The van der Waals surface area contributed by atoms with E-state index < -0.39 is 35.7 Å². The van der Waals surface area contributed by atoms with Gasteiger partial charge in [-0.25, -0.2) is 9.71 Å². The third-order valence-corrected chi connectivity index (χ3v) is 9.96. The lowest BCUT2D eigenvalue weighted by Gasteiger charge is -2.36. The maximum Gasteiger partial charge on any atom is 0.289 e. The number of ketones is 1.